The van der Waals surface area contributed by atoms with Crippen LogP contribution >= 0.6 is 0 Å². The lowest BCUT2D eigenvalue weighted by Crippen LogP contribution is -2.57. The van der Waals surface area contributed by atoms with Crippen molar-refractivity contribution < 1.29 is 9.59 Å². The van der Waals surface area contributed by atoms with Crippen molar-refractivity contribution in [3.05, 3.63) is 0 Å². The lowest BCUT2D eigenvalue weighted by atomic mass is 10.2. The zero-order valence-corrected chi connectivity index (χ0v) is 7.75. The molecule has 0 spiro atoms. The van der Waals surface area contributed by atoms with Crippen LogP contribution in [0.15, 0.2) is 0 Å². The van der Waals surface area contributed by atoms with Crippen LogP contribution < -0.4 is 11.1 Å². The van der Waals surface area contributed by atoms with Gasteiger partial charge in [0.25, 0.3) is 0 Å². The number of imide groups is 1. The van der Waals surface area contributed by atoms with E-state index in [9.17, 15) is 9.59 Å². The van der Waals surface area contributed by atoms with Gasteiger partial charge >= 0.3 is 0 Å². The second-order valence-corrected chi connectivity index (χ2v) is 3.20. The van der Waals surface area contributed by atoms with Crippen molar-refractivity contribution >= 4 is 11.8 Å². The van der Waals surface area contributed by atoms with Crippen molar-refractivity contribution in [2.24, 2.45) is 5.73 Å². The highest BCUT2D eigenvalue weighted by atomic mass is 16.2. The number of nitrogens with one attached hydrogen (secondary N) is 1. The van der Waals surface area contributed by atoms with Crippen LogP contribution in [-0.2, 0) is 9.59 Å². The third kappa shape index (κ3) is 2.50. The molecule has 3 N–H and O–H groups in total. The molecule has 0 bridgehead atoms. The van der Waals surface area contributed by atoms with Crippen molar-refractivity contribution in [2.75, 3.05) is 19.6 Å². The van der Waals surface area contributed by atoms with Crippen molar-refractivity contribution in [3.63, 3.8) is 0 Å². The number of carbonyl (C=O) groups excluding carboxylic acids is 2. The molecule has 1 atom stereocenters. The number of carbonyl (C=O) groups is 2. The topological polar surface area (TPSA) is 75.4 Å². The number of nitrogens with zero attached hydrogens (tertiary/aromatic N) is 1. The summed E-state index contributed by atoms with van der Waals surface area (Å²) in [5, 5.41) is 2.28. The van der Waals surface area contributed by atoms with E-state index < -0.39 is 0 Å². The summed E-state index contributed by atoms with van der Waals surface area (Å²) in [4.78, 5) is 24.0. The number of rotatable bonds is 3. The number of amides is 2. The number of hydrogen-bond donors (Lipinski definition) is 2. The minimum atomic E-state index is -0.222. The molecule has 2 amide bonds. The third-order valence-corrected chi connectivity index (χ3v) is 2.19. The largest absolute Gasteiger partial charge is 0.330 e. The van der Waals surface area contributed by atoms with Gasteiger partial charge in [-0.15, -0.1) is 0 Å². The van der Waals surface area contributed by atoms with Gasteiger partial charge in [-0.1, -0.05) is 0 Å². The highest BCUT2D eigenvalue weighted by Crippen LogP contribution is 2.04. The van der Waals surface area contributed by atoms with Gasteiger partial charge in [-0.05, 0) is 19.9 Å². The Morgan fingerprint density at radius 1 is 1.62 bits per heavy atom. The normalized spacial score (nSPS) is 24.6. The van der Waals surface area contributed by atoms with Crippen molar-refractivity contribution in [2.45, 2.75) is 19.4 Å². The Labute approximate surface area is 77.3 Å². The van der Waals surface area contributed by atoms with E-state index in [1.165, 1.54) is 0 Å². The highest BCUT2D eigenvalue weighted by Gasteiger charge is 2.29. The van der Waals surface area contributed by atoms with Gasteiger partial charge in [0.1, 0.15) is 0 Å². The van der Waals surface area contributed by atoms with Gasteiger partial charge in [0.15, 0.2) is 0 Å². The van der Waals surface area contributed by atoms with Gasteiger partial charge in [0, 0.05) is 6.54 Å². The molecule has 5 nitrogen and oxygen atoms in total. The van der Waals surface area contributed by atoms with Crippen LogP contribution in [0.2, 0.25) is 0 Å². The summed E-state index contributed by atoms with van der Waals surface area (Å²) >= 11 is 0. The quantitative estimate of drug-likeness (QED) is 0.535. The van der Waals surface area contributed by atoms with Gasteiger partial charge in [-0.2, -0.15) is 0 Å². The Morgan fingerprint density at radius 2 is 2.31 bits per heavy atom. The van der Waals surface area contributed by atoms with Crippen LogP contribution in [0.5, 0.6) is 0 Å². The first-order valence-electron chi connectivity index (χ1n) is 4.43. The van der Waals surface area contributed by atoms with E-state index in [-0.39, 0.29) is 17.9 Å². The number of nitrogens with two attached hydrogens (primary N) is 1. The SMILES string of the molecule is CC1C(=O)NC(=O)CN1CCCN. The molecule has 0 aromatic heterocycles. The van der Waals surface area contributed by atoms with Crippen LogP contribution in [0.1, 0.15) is 13.3 Å². The first-order chi connectivity index (χ1) is 6.15. The standard InChI is InChI=1S/C8H15N3O2/c1-6-8(13)10-7(12)5-11(6)4-2-3-9/h6H,2-5,9H2,1H3,(H,10,12,13). The number of hydrogen-bond acceptors (Lipinski definition) is 4. The second kappa shape index (κ2) is 4.34. The van der Waals surface area contributed by atoms with Gasteiger partial charge in [-0.3, -0.25) is 19.8 Å². The lowest BCUT2D eigenvalue weighted by Gasteiger charge is -2.31. The molecule has 1 saturated heterocycles. The summed E-state index contributed by atoms with van der Waals surface area (Å²) in [7, 11) is 0. The summed E-state index contributed by atoms with van der Waals surface area (Å²) in [6, 6.07) is -0.218. The molecule has 1 aliphatic heterocycles. The summed E-state index contributed by atoms with van der Waals surface area (Å²) < 4.78 is 0. The fourth-order valence-corrected chi connectivity index (χ4v) is 1.34. The van der Waals surface area contributed by atoms with E-state index in [4.69, 9.17) is 5.73 Å². The Hall–Kier alpha value is -0.940. The summed E-state index contributed by atoms with van der Waals surface area (Å²) in [6.45, 7) is 3.38. The molecule has 1 fully saturated rings. The Morgan fingerprint density at radius 3 is 2.92 bits per heavy atom. The van der Waals surface area contributed by atoms with Crippen LogP contribution in [0.4, 0.5) is 0 Å². The maximum atomic E-state index is 11.2. The molecule has 0 aliphatic carbocycles. The van der Waals surface area contributed by atoms with Crippen molar-refractivity contribution in [1.82, 2.24) is 10.2 Å². The molecule has 13 heavy (non-hydrogen) atoms. The first kappa shape index (κ1) is 10.1. The van der Waals surface area contributed by atoms with Crippen LogP contribution in [0, 0.1) is 0 Å². The molecule has 5 heteroatoms. The molecule has 1 aliphatic rings. The number of piperazine rings is 1. The molecular formula is C8H15N3O2. The molecule has 1 rings (SSSR count). The molecule has 0 aromatic carbocycles. The van der Waals surface area contributed by atoms with Crippen molar-refractivity contribution in [1.29, 1.82) is 0 Å². The lowest BCUT2D eigenvalue weighted by molar-refractivity contribution is -0.139. The molecule has 1 heterocycles. The van der Waals surface area contributed by atoms with Gasteiger partial charge < -0.3 is 5.73 Å². The average molecular weight is 185 g/mol. The predicted octanol–water partition coefficient (Wildman–Crippen LogP) is -1.32. The van der Waals surface area contributed by atoms with E-state index in [1.54, 1.807) is 6.92 Å². The molecule has 74 valence electrons. The first-order valence-corrected chi connectivity index (χ1v) is 4.43. The fourth-order valence-electron chi connectivity index (χ4n) is 1.34. The smallest absolute Gasteiger partial charge is 0.243 e. The molecule has 0 aromatic rings. The zero-order valence-electron chi connectivity index (χ0n) is 7.75. The Balaban J connectivity index is 2.50. The summed E-state index contributed by atoms with van der Waals surface area (Å²) in [5.41, 5.74) is 5.35. The third-order valence-electron chi connectivity index (χ3n) is 2.19. The van der Waals surface area contributed by atoms with E-state index in [0.29, 0.717) is 19.6 Å². The minimum absolute atomic E-state index is 0.215. The fraction of sp³-hybridized carbons (Fsp3) is 0.750. The molecule has 0 saturated carbocycles. The highest BCUT2D eigenvalue weighted by molar-refractivity contribution is 6.00. The Kier molecular flexibility index (Phi) is 3.39. The minimum Gasteiger partial charge on any atom is -0.330 e. The Bertz CT molecular complexity index is 217. The van der Waals surface area contributed by atoms with Crippen LogP contribution in [-0.4, -0.2) is 42.4 Å². The maximum absolute atomic E-state index is 11.2. The summed E-state index contributed by atoms with van der Waals surface area (Å²) in [6.07, 6.45) is 0.810. The second-order valence-electron chi connectivity index (χ2n) is 3.20. The molecular weight excluding hydrogens is 170 g/mol. The van der Waals surface area contributed by atoms with Gasteiger partial charge in [-0.25, -0.2) is 0 Å². The van der Waals surface area contributed by atoms with Crippen LogP contribution in [0.25, 0.3) is 0 Å². The van der Waals surface area contributed by atoms with Gasteiger partial charge in [0.05, 0.1) is 12.6 Å². The van der Waals surface area contributed by atoms with Gasteiger partial charge in [0.2, 0.25) is 11.8 Å². The monoisotopic (exact) mass is 185 g/mol. The summed E-state index contributed by atoms with van der Waals surface area (Å²) in [5.74, 6) is -0.437. The van der Waals surface area contributed by atoms with Crippen molar-refractivity contribution in [3.8, 4) is 0 Å². The zero-order chi connectivity index (χ0) is 9.84. The molecule has 1 unspecified atom stereocenters. The van der Waals surface area contributed by atoms with E-state index in [0.717, 1.165) is 6.42 Å². The van der Waals surface area contributed by atoms with E-state index in [2.05, 4.69) is 5.32 Å². The van der Waals surface area contributed by atoms with E-state index in [1.807, 2.05) is 4.90 Å². The molecule has 0 radical (unpaired) electrons. The average Bonchev–Trinajstić information content (AvgIpc) is 2.09. The van der Waals surface area contributed by atoms with E-state index >= 15 is 0 Å². The van der Waals surface area contributed by atoms with Crippen LogP contribution in [0.3, 0.4) is 0 Å². The maximum Gasteiger partial charge on any atom is 0.243 e. The predicted molar refractivity (Wildman–Crippen MR) is 47.9 cm³/mol.